The standard InChI is InChI=1S/C21H29NO3S/c1-20-9-7-14(23)11-17(20)19-6-4-13-3-5-16(18(24)12-22-25)15(13)8-10-21(20,2)26-19/h11,13,15-16,19H,3-10,12H2,1-2H3. The second-order valence-corrected chi connectivity index (χ2v) is 10.9. The summed E-state index contributed by atoms with van der Waals surface area (Å²) in [5.74, 6) is 1.41. The second-order valence-electron chi connectivity index (χ2n) is 9.21. The number of carbonyl (C=O) groups excluding carboxylic acids is 2. The van der Waals surface area contributed by atoms with Gasteiger partial charge in [-0.25, -0.2) is 0 Å². The van der Waals surface area contributed by atoms with Gasteiger partial charge in [0.1, 0.15) is 6.54 Å². The summed E-state index contributed by atoms with van der Waals surface area (Å²) in [4.78, 5) is 35.1. The Labute approximate surface area is 159 Å². The Kier molecular flexibility index (Phi) is 4.65. The van der Waals surface area contributed by atoms with Crippen molar-refractivity contribution in [1.29, 1.82) is 0 Å². The number of carbonyl (C=O) groups is 2. The first-order chi connectivity index (χ1) is 12.4. The normalized spacial score (nSPS) is 45.0. The van der Waals surface area contributed by atoms with Crippen molar-refractivity contribution in [2.45, 2.75) is 75.2 Å². The molecule has 0 aromatic carbocycles. The highest BCUT2D eigenvalue weighted by Gasteiger charge is 2.58. The van der Waals surface area contributed by atoms with E-state index < -0.39 is 0 Å². The summed E-state index contributed by atoms with van der Waals surface area (Å²) in [6.45, 7) is 4.60. The van der Waals surface area contributed by atoms with Gasteiger partial charge in [-0.15, -0.1) is 11.8 Å². The van der Waals surface area contributed by atoms with E-state index in [1.807, 2.05) is 6.08 Å². The van der Waals surface area contributed by atoms with Crippen LogP contribution in [0.25, 0.3) is 0 Å². The Morgan fingerprint density at radius 1 is 1.19 bits per heavy atom. The summed E-state index contributed by atoms with van der Waals surface area (Å²) >= 11 is 2.09. The van der Waals surface area contributed by atoms with Crippen molar-refractivity contribution in [2.24, 2.45) is 28.3 Å². The van der Waals surface area contributed by atoms with Crippen LogP contribution >= 0.6 is 11.8 Å². The van der Waals surface area contributed by atoms with Gasteiger partial charge in [0, 0.05) is 27.8 Å². The zero-order chi connectivity index (χ0) is 18.5. The molecule has 26 heavy (non-hydrogen) atoms. The zero-order valence-corrected chi connectivity index (χ0v) is 16.6. The molecule has 0 aromatic rings. The second kappa shape index (κ2) is 6.57. The summed E-state index contributed by atoms with van der Waals surface area (Å²) in [5, 5.41) is 3.32. The Hall–Kier alpha value is -0.970. The van der Waals surface area contributed by atoms with Crippen molar-refractivity contribution < 1.29 is 9.59 Å². The maximum Gasteiger partial charge on any atom is 0.161 e. The molecule has 4 nitrogen and oxygen atoms in total. The van der Waals surface area contributed by atoms with E-state index in [9.17, 15) is 14.5 Å². The summed E-state index contributed by atoms with van der Waals surface area (Å²) < 4.78 is 0.137. The van der Waals surface area contributed by atoms with Crippen LogP contribution in [0.3, 0.4) is 0 Å². The van der Waals surface area contributed by atoms with Crippen LogP contribution in [0.15, 0.2) is 16.8 Å². The highest BCUT2D eigenvalue weighted by molar-refractivity contribution is 8.01. The fourth-order valence-electron chi connectivity index (χ4n) is 6.33. The first kappa shape index (κ1) is 18.4. The Morgan fingerprint density at radius 3 is 2.73 bits per heavy atom. The predicted molar refractivity (Wildman–Crippen MR) is 104 cm³/mol. The molecule has 2 heterocycles. The van der Waals surface area contributed by atoms with Crippen molar-refractivity contribution >= 4 is 23.3 Å². The van der Waals surface area contributed by atoms with Gasteiger partial charge in [-0.05, 0) is 75.4 Å². The van der Waals surface area contributed by atoms with Crippen molar-refractivity contribution in [3.63, 3.8) is 0 Å². The van der Waals surface area contributed by atoms with E-state index in [0.29, 0.717) is 29.3 Å². The number of rotatable bonds is 3. The Morgan fingerprint density at radius 2 is 1.96 bits per heavy atom. The third-order valence-electron chi connectivity index (χ3n) is 8.10. The number of nitroso groups, excluding NO2 is 1. The van der Waals surface area contributed by atoms with Gasteiger partial charge in [0.2, 0.25) is 0 Å². The van der Waals surface area contributed by atoms with Crippen molar-refractivity contribution in [2.75, 3.05) is 6.54 Å². The van der Waals surface area contributed by atoms with E-state index in [1.165, 1.54) is 5.57 Å². The van der Waals surface area contributed by atoms with Crippen LogP contribution in [0.5, 0.6) is 0 Å². The summed E-state index contributed by atoms with van der Waals surface area (Å²) in [7, 11) is 0. The Balaban J connectivity index is 1.62. The maximum atomic E-state index is 12.4. The fourth-order valence-corrected chi connectivity index (χ4v) is 8.38. The molecule has 0 aromatic heterocycles. The van der Waals surface area contributed by atoms with Gasteiger partial charge in [-0.2, -0.15) is 4.91 Å². The third kappa shape index (κ3) is 2.73. The van der Waals surface area contributed by atoms with Gasteiger partial charge < -0.3 is 0 Å². The lowest BCUT2D eigenvalue weighted by Crippen LogP contribution is -2.41. The molecule has 0 radical (unpaired) electrons. The van der Waals surface area contributed by atoms with E-state index in [2.05, 4.69) is 30.8 Å². The minimum atomic E-state index is -0.157. The third-order valence-corrected chi connectivity index (χ3v) is 10.0. The number of nitrogens with zero attached hydrogens (tertiary/aromatic N) is 1. The number of Topliss-reactive ketones (excluding diaryl/α,β-unsaturated/α-hetero) is 1. The molecule has 2 bridgehead atoms. The molecule has 6 unspecified atom stereocenters. The average molecular weight is 376 g/mol. The molecule has 6 atom stereocenters. The van der Waals surface area contributed by atoms with Gasteiger partial charge in [0.05, 0.1) is 0 Å². The molecule has 2 saturated heterocycles. The highest BCUT2D eigenvalue weighted by Crippen LogP contribution is 2.66. The molecule has 0 amide bonds. The quantitative estimate of drug-likeness (QED) is 0.670. The lowest BCUT2D eigenvalue weighted by atomic mass is 9.62. The van der Waals surface area contributed by atoms with Gasteiger partial charge >= 0.3 is 0 Å². The van der Waals surface area contributed by atoms with E-state index in [1.54, 1.807) is 0 Å². The van der Waals surface area contributed by atoms with E-state index >= 15 is 0 Å². The smallest absolute Gasteiger partial charge is 0.161 e. The number of ketones is 2. The monoisotopic (exact) mass is 375 g/mol. The van der Waals surface area contributed by atoms with Crippen LogP contribution in [0.2, 0.25) is 0 Å². The number of fused-ring (bicyclic) bond motifs is 6. The minimum absolute atomic E-state index is 0.0404. The minimum Gasteiger partial charge on any atom is -0.297 e. The van der Waals surface area contributed by atoms with Crippen LogP contribution in [0.1, 0.15) is 65.2 Å². The van der Waals surface area contributed by atoms with Gasteiger partial charge in [0.25, 0.3) is 0 Å². The SMILES string of the molecule is CC12CCC3C(CCC(S1)C1=CC(=O)CCC12C)CCC3C(=O)CN=O. The van der Waals surface area contributed by atoms with E-state index in [-0.39, 0.29) is 28.4 Å². The zero-order valence-electron chi connectivity index (χ0n) is 15.8. The molecule has 0 N–H and O–H groups in total. The first-order valence-corrected chi connectivity index (χ1v) is 11.0. The van der Waals surface area contributed by atoms with Gasteiger partial charge in [-0.3, -0.25) is 9.59 Å². The first-order valence-electron chi connectivity index (χ1n) is 10.1. The number of hydrogen-bond donors (Lipinski definition) is 0. The van der Waals surface area contributed by atoms with Crippen LogP contribution in [0, 0.1) is 28.1 Å². The molecule has 3 fully saturated rings. The maximum absolute atomic E-state index is 12.4. The molecular formula is C21H29NO3S. The largest absolute Gasteiger partial charge is 0.297 e. The molecule has 142 valence electrons. The van der Waals surface area contributed by atoms with Crippen LogP contribution in [0.4, 0.5) is 0 Å². The summed E-state index contributed by atoms with van der Waals surface area (Å²) in [5.41, 5.74) is 1.50. The number of thioether (sulfide) groups is 1. The summed E-state index contributed by atoms with van der Waals surface area (Å²) in [6, 6.07) is 0. The summed E-state index contributed by atoms with van der Waals surface area (Å²) in [6.07, 6.45) is 10.0. The van der Waals surface area contributed by atoms with E-state index in [0.717, 1.165) is 44.9 Å². The Bertz CT molecular complexity index is 674. The lowest BCUT2D eigenvalue weighted by molar-refractivity contribution is -0.123. The van der Waals surface area contributed by atoms with Crippen molar-refractivity contribution in [3.05, 3.63) is 16.6 Å². The predicted octanol–water partition coefficient (Wildman–Crippen LogP) is 4.71. The van der Waals surface area contributed by atoms with Gasteiger partial charge in [-0.1, -0.05) is 12.1 Å². The highest BCUT2D eigenvalue weighted by atomic mass is 32.2. The molecule has 0 spiro atoms. The van der Waals surface area contributed by atoms with Gasteiger partial charge in [0.15, 0.2) is 11.6 Å². The van der Waals surface area contributed by atoms with Crippen LogP contribution < -0.4 is 0 Å². The average Bonchev–Trinajstić information content (AvgIpc) is 3.11. The van der Waals surface area contributed by atoms with Crippen LogP contribution in [-0.4, -0.2) is 28.1 Å². The molecule has 1 saturated carbocycles. The van der Waals surface area contributed by atoms with Crippen LogP contribution in [-0.2, 0) is 9.59 Å². The molecule has 5 heteroatoms. The topological polar surface area (TPSA) is 63.6 Å². The number of hydrogen-bond acceptors (Lipinski definition) is 5. The van der Waals surface area contributed by atoms with Crippen molar-refractivity contribution in [3.8, 4) is 0 Å². The molecule has 4 rings (SSSR count). The molecular weight excluding hydrogens is 346 g/mol. The van der Waals surface area contributed by atoms with E-state index in [4.69, 9.17) is 0 Å². The fraction of sp³-hybridized carbons (Fsp3) is 0.810. The number of allylic oxidation sites excluding steroid dienone is 1. The molecule has 4 aliphatic rings. The molecule has 2 aliphatic heterocycles. The van der Waals surface area contributed by atoms with Crippen molar-refractivity contribution in [1.82, 2.24) is 0 Å². The lowest BCUT2D eigenvalue weighted by Gasteiger charge is -2.44. The molecule has 2 aliphatic carbocycles.